The van der Waals surface area contributed by atoms with Crippen molar-refractivity contribution < 1.29 is 0 Å². The van der Waals surface area contributed by atoms with Gasteiger partial charge in [0.15, 0.2) is 0 Å². The van der Waals surface area contributed by atoms with Gasteiger partial charge in [-0.2, -0.15) is 0 Å². The molecule has 0 bridgehead atoms. The van der Waals surface area contributed by atoms with Crippen molar-refractivity contribution in [3.8, 4) is 0 Å². The number of pyridine rings is 1. The lowest BCUT2D eigenvalue weighted by Gasteiger charge is -2.23. The SMILES string of the molecule is CC(c1cccs1)N(C)Cc1ccc2ccccc2n1. The van der Waals surface area contributed by atoms with Crippen LogP contribution in [-0.2, 0) is 6.54 Å². The van der Waals surface area contributed by atoms with Crippen molar-refractivity contribution >= 4 is 22.2 Å². The predicted octanol–water partition coefficient (Wildman–Crippen LogP) is 4.49. The van der Waals surface area contributed by atoms with E-state index in [0.717, 1.165) is 17.8 Å². The number of fused-ring (bicyclic) bond motifs is 1. The van der Waals surface area contributed by atoms with Crippen molar-refractivity contribution in [3.05, 3.63) is 64.5 Å². The maximum atomic E-state index is 4.74. The number of aromatic nitrogens is 1. The summed E-state index contributed by atoms with van der Waals surface area (Å²) in [5, 5.41) is 3.33. The van der Waals surface area contributed by atoms with Crippen LogP contribution < -0.4 is 0 Å². The zero-order valence-corrected chi connectivity index (χ0v) is 12.6. The summed E-state index contributed by atoms with van der Waals surface area (Å²) in [5.74, 6) is 0. The Balaban J connectivity index is 1.78. The Morgan fingerprint density at radius 1 is 1.10 bits per heavy atom. The largest absolute Gasteiger partial charge is 0.293 e. The zero-order valence-electron chi connectivity index (χ0n) is 11.8. The molecule has 1 aromatic carbocycles. The van der Waals surface area contributed by atoms with Gasteiger partial charge < -0.3 is 0 Å². The Labute approximate surface area is 123 Å². The number of benzene rings is 1. The minimum Gasteiger partial charge on any atom is -0.293 e. The second-order valence-electron chi connectivity index (χ2n) is 5.10. The van der Waals surface area contributed by atoms with Gasteiger partial charge in [0, 0.05) is 22.8 Å². The molecule has 0 aliphatic carbocycles. The number of thiophene rings is 1. The van der Waals surface area contributed by atoms with Crippen LogP contribution in [0.5, 0.6) is 0 Å². The maximum absolute atomic E-state index is 4.74. The molecule has 0 N–H and O–H groups in total. The van der Waals surface area contributed by atoms with Crippen LogP contribution in [0.1, 0.15) is 23.5 Å². The number of nitrogens with zero attached hydrogens (tertiary/aromatic N) is 2. The van der Waals surface area contributed by atoms with Gasteiger partial charge >= 0.3 is 0 Å². The Morgan fingerprint density at radius 3 is 2.75 bits per heavy atom. The lowest BCUT2D eigenvalue weighted by atomic mass is 10.2. The molecule has 2 nitrogen and oxygen atoms in total. The van der Waals surface area contributed by atoms with Crippen LogP contribution >= 0.6 is 11.3 Å². The number of hydrogen-bond donors (Lipinski definition) is 0. The molecule has 102 valence electrons. The molecule has 1 unspecified atom stereocenters. The molecule has 2 aromatic heterocycles. The Morgan fingerprint density at radius 2 is 1.95 bits per heavy atom. The smallest absolute Gasteiger partial charge is 0.0705 e. The van der Waals surface area contributed by atoms with Gasteiger partial charge in [-0.15, -0.1) is 11.3 Å². The highest BCUT2D eigenvalue weighted by atomic mass is 32.1. The van der Waals surface area contributed by atoms with E-state index < -0.39 is 0 Å². The normalized spacial score (nSPS) is 12.9. The molecule has 0 amide bonds. The third-order valence-electron chi connectivity index (χ3n) is 3.68. The van der Waals surface area contributed by atoms with Gasteiger partial charge in [-0.25, -0.2) is 0 Å². The first-order chi connectivity index (χ1) is 9.74. The molecular weight excluding hydrogens is 264 g/mol. The molecule has 2 heterocycles. The van der Waals surface area contributed by atoms with Crippen molar-refractivity contribution in [2.75, 3.05) is 7.05 Å². The van der Waals surface area contributed by atoms with Crippen molar-refractivity contribution in [2.24, 2.45) is 0 Å². The molecular formula is C17H18N2S. The Kier molecular flexibility index (Phi) is 3.81. The highest BCUT2D eigenvalue weighted by Crippen LogP contribution is 2.24. The van der Waals surface area contributed by atoms with Gasteiger partial charge in [-0.1, -0.05) is 30.3 Å². The summed E-state index contributed by atoms with van der Waals surface area (Å²) in [6.07, 6.45) is 0. The molecule has 0 aliphatic heterocycles. The first kappa shape index (κ1) is 13.3. The molecule has 3 rings (SSSR count). The highest BCUT2D eigenvalue weighted by molar-refractivity contribution is 7.10. The topological polar surface area (TPSA) is 16.1 Å². The second-order valence-corrected chi connectivity index (χ2v) is 6.08. The molecule has 3 heteroatoms. The molecule has 20 heavy (non-hydrogen) atoms. The average molecular weight is 282 g/mol. The van der Waals surface area contributed by atoms with Crippen molar-refractivity contribution in [2.45, 2.75) is 19.5 Å². The third kappa shape index (κ3) is 2.74. The van der Waals surface area contributed by atoms with E-state index >= 15 is 0 Å². The molecule has 0 radical (unpaired) electrons. The van der Waals surface area contributed by atoms with Gasteiger partial charge in [-0.05, 0) is 37.6 Å². The lowest BCUT2D eigenvalue weighted by Crippen LogP contribution is -2.21. The van der Waals surface area contributed by atoms with E-state index in [0.29, 0.717) is 6.04 Å². The summed E-state index contributed by atoms with van der Waals surface area (Å²) in [4.78, 5) is 8.47. The monoisotopic (exact) mass is 282 g/mol. The van der Waals surface area contributed by atoms with Crippen LogP contribution in [-0.4, -0.2) is 16.9 Å². The van der Waals surface area contributed by atoms with E-state index in [-0.39, 0.29) is 0 Å². The average Bonchev–Trinajstić information content (AvgIpc) is 3.00. The number of rotatable bonds is 4. The van der Waals surface area contributed by atoms with Gasteiger partial charge in [0.25, 0.3) is 0 Å². The summed E-state index contributed by atoms with van der Waals surface area (Å²) in [7, 11) is 2.15. The Hall–Kier alpha value is -1.71. The molecule has 0 fully saturated rings. The predicted molar refractivity (Wildman–Crippen MR) is 85.9 cm³/mol. The molecule has 0 aliphatic rings. The summed E-state index contributed by atoms with van der Waals surface area (Å²) >= 11 is 1.81. The second kappa shape index (κ2) is 5.73. The zero-order chi connectivity index (χ0) is 13.9. The van der Waals surface area contributed by atoms with Crippen LogP contribution in [0.15, 0.2) is 53.9 Å². The number of para-hydroxylation sites is 1. The standard InChI is InChI=1S/C17H18N2S/c1-13(17-8-5-11-20-17)19(2)12-15-10-9-14-6-3-4-7-16(14)18-15/h3-11,13H,12H2,1-2H3. The fourth-order valence-corrected chi connectivity index (χ4v) is 3.18. The number of hydrogen-bond acceptors (Lipinski definition) is 3. The third-order valence-corrected chi connectivity index (χ3v) is 4.73. The fourth-order valence-electron chi connectivity index (χ4n) is 2.33. The molecule has 0 spiro atoms. The van der Waals surface area contributed by atoms with Crippen molar-refractivity contribution in [1.29, 1.82) is 0 Å². The minimum absolute atomic E-state index is 0.420. The van der Waals surface area contributed by atoms with E-state index in [2.05, 4.69) is 66.7 Å². The van der Waals surface area contributed by atoms with E-state index in [1.54, 1.807) is 0 Å². The van der Waals surface area contributed by atoms with E-state index in [1.165, 1.54) is 10.3 Å². The van der Waals surface area contributed by atoms with E-state index in [4.69, 9.17) is 4.98 Å². The molecule has 1 atom stereocenters. The van der Waals surface area contributed by atoms with Crippen LogP contribution in [0, 0.1) is 0 Å². The molecule has 0 saturated carbocycles. The Bertz CT molecular complexity index is 691. The van der Waals surface area contributed by atoms with Crippen LogP contribution in [0.4, 0.5) is 0 Å². The first-order valence-corrected chi connectivity index (χ1v) is 7.70. The van der Waals surface area contributed by atoms with Gasteiger partial charge in [0.2, 0.25) is 0 Å². The van der Waals surface area contributed by atoms with Gasteiger partial charge in [-0.3, -0.25) is 9.88 Å². The summed E-state index contributed by atoms with van der Waals surface area (Å²) in [6.45, 7) is 3.11. The summed E-state index contributed by atoms with van der Waals surface area (Å²) in [5.41, 5.74) is 2.19. The van der Waals surface area contributed by atoms with Crippen molar-refractivity contribution in [1.82, 2.24) is 9.88 Å². The van der Waals surface area contributed by atoms with Gasteiger partial charge in [0.1, 0.15) is 0 Å². The van der Waals surface area contributed by atoms with Crippen LogP contribution in [0.3, 0.4) is 0 Å². The molecule has 0 saturated heterocycles. The lowest BCUT2D eigenvalue weighted by molar-refractivity contribution is 0.254. The van der Waals surface area contributed by atoms with Crippen molar-refractivity contribution in [3.63, 3.8) is 0 Å². The van der Waals surface area contributed by atoms with Crippen LogP contribution in [0.2, 0.25) is 0 Å². The van der Waals surface area contributed by atoms with Gasteiger partial charge in [0.05, 0.1) is 11.2 Å². The summed E-state index contributed by atoms with van der Waals surface area (Å²) in [6, 6.07) is 17.3. The fraction of sp³-hybridized carbons (Fsp3) is 0.235. The van der Waals surface area contributed by atoms with E-state index in [1.807, 2.05) is 17.4 Å². The summed E-state index contributed by atoms with van der Waals surface area (Å²) < 4.78 is 0. The maximum Gasteiger partial charge on any atom is 0.0705 e. The minimum atomic E-state index is 0.420. The van der Waals surface area contributed by atoms with E-state index in [9.17, 15) is 0 Å². The quantitative estimate of drug-likeness (QED) is 0.701. The molecule has 3 aromatic rings. The van der Waals surface area contributed by atoms with Crippen LogP contribution in [0.25, 0.3) is 10.9 Å². The first-order valence-electron chi connectivity index (χ1n) is 6.82. The highest BCUT2D eigenvalue weighted by Gasteiger charge is 2.13.